The van der Waals surface area contributed by atoms with Crippen molar-refractivity contribution < 1.29 is 0 Å². The third-order valence-corrected chi connectivity index (χ3v) is 14.2. The predicted octanol–water partition coefficient (Wildman–Crippen LogP) is 16.9. The molecule has 3 heteroatoms. The molecule has 0 aliphatic carbocycles. The molecule has 0 saturated heterocycles. The lowest BCUT2D eigenvalue weighted by atomic mass is 9.97. The van der Waals surface area contributed by atoms with E-state index in [4.69, 9.17) is 0 Å². The Bertz CT molecular complexity index is 3870. The number of benzene rings is 10. The second-order valence-corrected chi connectivity index (χ2v) is 17.5. The number of thiophene rings is 1. The highest BCUT2D eigenvalue weighted by molar-refractivity contribution is 7.26. The fourth-order valence-corrected chi connectivity index (χ4v) is 11.2. The molecule has 0 amide bonds. The molecule has 3 aromatic heterocycles. The van der Waals surface area contributed by atoms with Crippen molar-refractivity contribution in [3.63, 3.8) is 0 Å². The molecule has 0 unspecified atom stereocenters. The first-order valence-electron chi connectivity index (χ1n) is 21.6. The quantitative estimate of drug-likeness (QED) is 0.158. The number of fused-ring (bicyclic) bond motifs is 9. The van der Waals surface area contributed by atoms with Crippen molar-refractivity contribution in [2.75, 3.05) is 0 Å². The van der Waals surface area contributed by atoms with Gasteiger partial charge in [-0.1, -0.05) is 176 Å². The Kier molecular flexibility index (Phi) is 8.12. The van der Waals surface area contributed by atoms with Gasteiger partial charge in [0, 0.05) is 53.1 Å². The number of para-hydroxylation sites is 3. The summed E-state index contributed by atoms with van der Waals surface area (Å²) in [7, 11) is 0. The van der Waals surface area contributed by atoms with Gasteiger partial charge < -0.3 is 9.13 Å². The lowest BCUT2D eigenvalue weighted by molar-refractivity contribution is 1.18. The van der Waals surface area contributed by atoms with Gasteiger partial charge in [0.05, 0.1) is 22.1 Å². The molecule has 0 radical (unpaired) electrons. The molecule has 294 valence electrons. The summed E-state index contributed by atoms with van der Waals surface area (Å²) in [5.41, 5.74) is 16.9. The van der Waals surface area contributed by atoms with Gasteiger partial charge in [0.1, 0.15) is 0 Å². The van der Waals surface area contributed by atoms with Crippen LogP contribution in [0.15, 0.2) is 231 Å². The molecule has 0 saturated carbocycles. The van der Waals surface area contributed by atoms with Crippen molar-refractivity contribution in [1.82, 2.24) is 9.13 Å². The number of rotatable bonds is 6. The number of aromatic nitrogens is 2. The van der Waals surface area contributed by atoms with E-state index in [2.05, 4.69) is 240 Å². The van der Waals surface area contributed by atoms with Crippen LogP contribution in [0.3, 0.4) is 0 Å². The lowest BCUT2D eigenvalue weighted by Crippen LogP contribution is -1.94. The first-order valence-corrected chi connectivity index (χ1v) is 22.4. The van der Waals surface area contributed by atoms with Crippen molar-refractivity contribution in [3.8, 4) is 55.9 Å². The molecular weight excluding hydrogens is 781 g/mol. The normalized spacial score (nSPS) is 11.8. The minimum atomic E-state index is 1.14. The lowest BCUT2D eigenvalue weighted by Gasteiger charge is -2.11. The Hall–Kier alpha value is -7.98. The van der Waals surface area contributed by atoms with Crippen LogP contribution in [0.4, 0.5) is 0 Å². The molecule has 0 spiro atoms. The molecule has 13 rings (SSSR count). The van der Waals surface area contributed by atoms with Gasteiger partial charge in [0.2, 0.25) is 0 Å². The van der Waals surface area contributed by atoms with Crippen molar-refractivity contribution in [1.29, 1.82) is 0 Å². The Morgan fingerprint density at radius 1 is 0.270 bits per heavy atom. The molecule has 0 aliphatic heterocycles. The highest BCUT2D eigenvalue weighted by Crippen LogP contribution is 2.43. The first kappa shape index (κ1) is 35.7. The smallest absolute Gasteiger partial charge is 0.0547 e. The zero-order valence-corrected chi connectivity index (χ0v) is 35.1. The maximum atomic E-state index is 2.42. The predicted molar refractivity (Wildman–Crippen MR) is 270 cm³/mol. The van der Waals surface area contributed by atoms with Crippen molar-refractivity contribution in [2.45, 2.75) is 0 Å². The Labute approximate surface area is 368 Å². The van der Waals surface area contributed by atoms with Crippen LogP contribution >= 0.6 is 11.3 Å². The van der Waals surface area contributed by atoms with Crippen LogP contribution in [0.25, 0.3) is 120 Å². The van der Waals surface area contributed by atoms with Gasteiger partial charge in [0.25, 0.3) is 0 Å². The third kappa shape index (κ3) is 5.71. The zero-order valence-electron chi connectivity index (χ0n) is 34.2. The Balaban J connectivity index is 0.833. The fourth-order valence-electron chi connectivity index (χ4n) is 10.0. The largest absolute Gasteiger partial charge is 0.309 e. The van der Waals surface area contributed by atoms with E-state index in [9.17, 15) is 0 Å². The summed E-state index contributed by atoms with van der Waals surface area (Å²) >= 11 is 1.88. The maximum Gasteiger partial charge on any atom is 0.0547 e. The zero-order chi connectivity index (χ0) is 41.4. The summed E-state index contributed by atoms with van der Waals surface area (Å²) < 4.78 is 7.51. The molecular formula is C60H38N2S. The van der Waals surface area contributed by atoms with Crippen LogP contribution < -0.4 is 0 Å². The molecule has 13 aromatic rings. The third-order valence-electron chi connectivity index (χ3n) is 13.0. The first-order chi connectivity index (χ1) is 31.2. The van der Waals surface area contributed by atoms with Crippen molar-refractivity contribution >= 4 is 75.1 Å². The van der Waals surface area contributed by atoms with Gasteiger partial charge in [-0.15, -0.1) is 11.3 Å². The fraction of sp³-hybridized carbons (Fsp3) is 0. The van der Waals surface area contributed by atoms with Gasteiger partial charge in [-0.2, -0.15) is 0 Å². The van der Waals surface area contributed by atoms with Crippen LogP contribution in [-0.2, 0) is 0 Å². The Morgan fingerprint density at radius 3 is 1.48 bits per heavy atom. The highest BCUT2D eigenvalue weighted by Gasteiger charge is 2.19. The van der Waals surface area contributed by atoms with Crippen LogP contribution in [0.5, 0.6) is 0 Å². The minimum absolute atomic E-state index is 1.14. The van der Waals surface area contributed by atoms with Gasteiger partial charge in [-0.05, 0) is 99.1 Å². The van der Waals surface area contributed by atoms with E-state index in [0.29, 0.717) is 0 Å². The summed E-state index contributed by atoms with van der Waals surface area (Å²) in [4.78, 5) is 0. The standard InChI is InChI=1S/C60H38N2S/c1-2-12-45(13-3-1)62-54-20-7-4-14-49(54)50-37-34-44(38-57(50)62)47-17-11-22-56-59(47)53-16-5-8-21-55(53)61(56)46-35-32-42(33-36-46)40-26-24-39(25-27-40)41-28-30-43(31-29-41)48-18-10-19-52-51-15-6-9-23-58(51)63-60(48)52/h1-38H. The second kappa shape index (κ2) is 14.3. The summed E-state index contributed by atoms with van der Waals surface area (Å²) in [5, 5.41) is 7.70. The van der Waals surface area contributed by atoms with E-state index in [1.165, 1.54) is 108 Å². The highest BCUT2D eigenvalue weighted by atomic mass is 32.1. The molecule has 0 aliphatic rings. The van der Waals surface area contributed by atoms with E-state index in [-0.39, 0.29) is 0 Å². The molecule has 10 aromatic carbocycles. The molecule has 0 bridgehead atoms. The molecule has 2 nitrogen and oxygen atoms in total. The van der Waals surface area contributed by atoms with Crippen LogP contribution in [0.1, 0.15) is 0 Å². The van der Waals surface area contributed by atoms with Gasteiger partial charge in [-0.25, -0.2) is 0 Å². The Morgan fingerprint density at radius 2 is 0.746 bits per heavy atom. The molecule has 63 heavy (non-hydrogen) atoms. The minimum Gasteiger partial charge on any atom is -0.309 e. The number of hydrogen-bond donors (Lipinski definition) is 0. The number of hydrogen-bond acceptors (Lipinski definition) is 1. The topological polar surface area (TPSA) is 9.86 Å². The van der Waals surface area contributed by atoms with E-state index >= 15 is 0 Å². The summed E-state index contributed by atoms with van der Waals surface area (Å²) in [5.74, 6) is 0. The molecule has 0 N–H and O–H groups in total. The molecule has 0 atom stereocenters. The molecule has 3 heterocycles. The van der Waals surface area contributed by atoms with Crippen LogP contribution in [0.2, 0.25) is 0 Å². The van der Waals surface area contributed by atoms with E-state index in [0.717, 1.165) is 11.4 Å². The summed E-state index contributed by atoms with van der Waals surface area (Å²) in [6, 6.07) is 84.5. The molecule has 0 fully saturated rings. The average molecular weight is 819 g/mol. The SMILES string of the molecule is c1ccc(-n2c3ccccc3c3ccc(-c4cccc5c4c4ccccc4n5-c4ccc(-c5ccc(-c6ccc(-c7cccc8c7sc7ccccc78)cc6)cc5)cc4)cc32)cc1. The maximum absolute atomic E-state index is 2.42. The van der Waals surface area contributed by atoms with Crippen LogP contribution in [-0.4, -0.2) is 9.13 Å². The van der Waals surface area contributed by atoms with E-state index < -0.39 is 0 Å². The van der Waals surface area contributed by atoms with Crippen molar-refractivity contribution in [2.24, 2.45) is 0 Å². The monoisotopic (exact) mass is 818 g/mol. The van der Waals surface area contributed by atoms with E-state index in [1.807, 2.05) is 11.3 Å². The van der Waals surface area contributed by atoms with E-state index in [1.54, 1.807) is 0 Å². The van der Waals surface area contributed by atoms with Crippen molar-refractivity contribution in [3.05, 3.63) is 231 Å². The van der Waals surface area contributed by atoms with Gasteiger partial charge in [0.15, 0.2) is 0 Å². The van der Waals surface area contributed by atoms with Gasteiger partial charge in [-0.3, -0.25) is 0 Å². The second-order valence-electron chi connectivity index (χ2n) is 16.5. The van der Waals surface area contributed by atoms with Crippen LogP contribution in [0, 0.1) is 0 Å². The van der Waals surface area contributed by atoms with Gasteiger partial charge >= 0.3 is 0 Å². The summed E-state index contributed by atoms with van der Waals surface area (Å²) in [6.07, 6.45) is 0. The number of nitrogens with zero attached hydrogens (tertiary/aromatic N) is 2. The average Bonchev–Trinajstić information content (AvgIpc) is 4.02. The summed E-state index contributed by atoms with van der Waals surface area (Å²) in [6.45, 7) is 0.